The fourth-order valence-electron chi connectivity index (χ4n) is 5.39. The number of hydrogen-bond acceptors (Lipinski definition) is 2. The summed E-state index contributed by atoms with van der Waals surface area (Å²) in [6, 6.07) is 14.0. The largest absolute Gasteiger partial charge is 0.511 e. The Morgan fingerprint density at radius 1 is 0.964 bits per heavy atom. The Bertz CT molecular complexity index is 1020. The molecule has 4 aliphatic rings. The lowest BCUT2D eigenvalue weighted by atomic mass is 9.63. The summed E-state index contributed by atoms with van der Waals surface area (Å²) in [4.78, 5) is 13.4. The highest BCUT2D eigenvalue weighted by Crippen LogP contribution is 2.54. The van der Waals surface area contributed by atoms with E-state index >= 15 is 0 Å². The van der Waals surface area contributed by atoms with E-state index < -0.39 is 0 Å². The molecule has 2 aromatic rings. The van der Waals surface area contributed by atoms with Gasteiger partial charge < -0.3 is 5.11 Å². The number of hydrogen-bond donors (Lipinski definition) is 1. The van der Waals surface area contributed by atoms with Crippen LogP contribution < -0.4 is 0 Å². The van der Waals surface area contributed by atoms with Crippen LogP contribution in [0.5, 0.6) is 0 Å². The zero-order valence-electron chi connectivity index (χ0n) is 15.9. The third kappa shape index (κ3) is 2.58. The van der Waals surface area contributed by atoms with Crippen LogP contribution in [0.25, 0.3) is 16.7 Å². The lowest BCUT2D eigenvalue weighted by Gasteiger charge is -2.40. The number of benzene rings is 2. The fourth-order valence-corrected chi connectivity index (χ4v) is 5.52. The lowest BCUT2D eigenvalue weighted by molar-refractivity contribution is -0.120. The lowest BCUT2D eigenvalue weighted by Crippen LogP contribution is -2.38. The van der Waals surface area contributed by atoms with Crippen LogP contribution in [-0.4, -0.2) is 10.9 Å². The minimum absolute atomic E-state index is 0.0323. The number of halogens is 1. The first-order valence-corrected chi connectivity index (χ1v) is 10.5. The number of carbonyl (C=O) groups is 1. The SMILES string of the molecule is CCc1ccc(-c2ccc(Cl)cc2)cc1C1=C(O)C2[C@@H]3C=C[C@@H](CC3)[C@@H]2C1=O. The van der Waals surface area contributed by atoms with Crippen molar-refractivity contribution < 1.29 is 9.90 Å². The molecule has 0 heterocycles. The van der Waals surface area contributed by atoms with Gasteiger partial charge in [0.25, 0.3) is 0 Å². The number of aliphatic hydroxyl groups excluding tert-OH is 1. The van der Waals surface area contributed by atoms with Crippen molar-refractivity contribution in [1.82, 2.24) is 0 Å². The van der Waals surface area contributed by atoms with Gasteiger partial charge in [-0.2, -0.15) is 0 Å². The highest BCUT2D eigenvalue weighted by atomic mass is 35.5. The fraction of sp³-hybridized carbons (Fsp3) is 0.320. The standard InChI is InChI=1S/C25H23ClO2/c1-2-14-3-8-18(15-9-11-19(26)12-10-15)13-20(14)23-24(27)21-16-4-5-17(7-6-16)22(21)25(23)28/h3-5,8-13,16-17,21-22,27H,2,6-7H2,1H3/t16-,17+,21?,22+/m1/s1. The molecule has 4 atom stereocenters. The number of Topliss-reactive ketones (excluding diaryl/α,β-unsaturated/α-hetero) is 1. The quantitative estimate of drug-likeness (QED) is 0.629. The molecule has 2 aromatic carbocycles. The van der Waals surface area contributed by atoms with E-state index in [1.54, 1.807) is 0 Å². The van der Waals surface area contributed by atoms with Crippen LogP contribution in [0.4, 0.5) is 0 Å². The number of aliphatic hydroxyl groups is 1. The summed E-state index contributed by atoms with van der Waals surface area (Å²) in [5.74, 6) is 0.895. The van der Waals surface area contributed by atoms with Crippen molar-refractivity contribution >= 4 is 23.0 Å². The van der Waals surface area contributed by atoms with Crippen molar-refractivity contribution in [2.75, 3.05) is 0 Å². The summed E-state index contributed by atoms with van der Waals surface area (Å²) in [6.45, 7) is 2.09. The zero-order valence-corrected chi connectivity index (χ0v) is 16.6. The van der Waals surface area contributed by atoms with E-state index in [1.165, 1.54) is 0 Å². The Balaban J connectivity index is 1.63. The Hall–Kier alpha value is -2.32. The van der Waals surface area contributed by atoms with Crippen LogP contribution in [0.1, 0.15) is 30.9 Å². The third-order valence-electron chi connectivity index (χ3n) is 6.81. The summed E-state index contributed by atoms with van der Waals surface area (Å²) >= 11 is 6.03. The molecule has 0 radical (unpaired) electrons. The summed E-state index contributed by atoms with van der Waals surface area (Å²) in [7, 11) is 0. The summed E-state index contributed by atoms with van der Waals surface area (Å²) in [5, 5.41) is 11.9. The Morgan fingerprint density at radius 2 is 1.61 bits per heavy atom. The van der Waals surface area contributed by atoms with Crippen molar-refractivity contribution in [3.05, 3.63) is 76.5 Å². The number of aryl methyl sites for hydroxylation is 1. The van der Waals surface area contributed by atoms with Gasteiger partial charge in [-0.05, 0) is 71.6 Å². The van der Waals surface area contributed by atoms with E-state index in [0.717, 1.165) is 41.5 Å². The van der Waals surface area contributed by atoms with Gasteiger partial charge in [-0.15, -0.1) is 0 Å². The van der Waals surface area contributed by atoms with E-state index in [0.29, 0.717) is 22.3 Å². The van der Waals surface area contributed by atoms with Gasteiger partial charge in [0, 0.05) is 16.9 Å². The Kier molecular flexibility index (Phi) is 4.21. The van der Waals surface area contributed by atoms with Crippen LogP contribution >= 0.6 is 11.6 Å². The molecule has 4 aliphatic carbocycles. The van der Waals surface area contributed by atoms with Crippen molar-refractivity contribution in [3.8, 4) is 11.1 Å². The van der Waals surface area contributed by atoms with Crippen molar-refractivity contribution in [3.63, 3.8) is 0 Å². The molecule has 0 aliphatic heterocycles. The average Bonchev–Trinajstić information content (AvgIpc) is 3.01. The molecular weight excluding hydrogens is 368 g/mol. The molecule has 0 spiro atoms. The van der Waals surface area contributed by atoms with Gasteiger partial charge >= 0.3 is 0 Å². The monoisotopic (exact) mass is 390 g/mol. The first-order chi connectivity index (χ1) is 13.6. The molecule has 6 rings (SSSR count). The zero-order chi connectivity index (χ0) is 19.4. The number of ketones is 1. The molecule has 1 unspecified atom stereocenters. The highest BCUT2D eigenvalue weighted by molar-refractivity contribution is 6.30. The van der Waals surface area contributed by atoms with E-state index in [-0.39, 0.29) is 23.5 Å². The summed E-state index contributed by atoms with van der Waals surface area (Å²) in [5.41, 5.74) is 4.65. The molecule has 2 bridgehead atoms. The Labute approximate surface area is 170 Å². The van der Waals surface area contributed by atoms with Gasteiger partial charge in [0.2, 0.25) is 0 Å². The molecule has 0 aromatic heterocycles. The predicted molar refractivity (Wildman–Crippen MR) is 113 cm³/mol. The van der Waals surface area contributed by atoms with Gasteiger partial charge in [0.1, 0.15) is 5.76 Å². The number of fused-ring (bicyclic) bond motifs is 1. The summed E-state index contributed by atoms with van der Waals surface area (Å²) in [6.07, 6.45) is 7.36. The number of carbonyl (C=O) groups excluding carboxylic acids is 1. The molecular formula is C25H23ClO2. The molecule has 1 N–H and O–H groups in total. The topological polar surface area (TPSA) is 37.3 Å². The molecule has 3 heteroatoms. The first-order valence-electron chi connectivity index (χ1n) is 10.1. The predicted octanol–water partition coefficient (Wildman–Crippen LogP) is 6.25. The Morgan fingerprint density at radius 3 is 2.21 bits per heavy atom. The third-order valence-corrected chi connectivity index (χ3v) is 7.06. The van der Waals surface area contributed by atoms with Crippen LogP contribution in [0.3, 0.4) is 0 Å². The van der Waals surface area contributed by atoms with Crippen LogP contribution in [0.2, 0.25) is 5.02 Å². The highest BCUT2D eigenvalue weighted by Gasteiger charge is 2.52. The minimum atomic E-state index is -0.0809. The molecule has 1 fully saturated rings. The maximum absolute atomic E-state index is 13.4. The minimum Gasteiger partial charge on any atom is -0.511 e. The molecule has 0 saturated heterocycles. The molecule has 0 amide bonds. The van der Waals surface area contributed by atoms with E-state index in [2.05, 4.69) is 37.3 Å². The van der Waals surface area contributed by atoms with E-state index in [9.17, 15) is 9.90 Å². The second-order valence-electron chi connectivity index (χ2n) is 8.20. The smallest absolute Gasteiger partial charge is 0.171 e. The second kappa shape index (κ2) is 6.63. The van der Waals surface area contributed by atoms with Crippen molar-refractivity contribution in [2.45, 2.75) is 26.2 Å². The van der Waals surface area contributed by atoms with Gasteiger partial charge in [-0.1, -0.05) is 54.9 Å². The molecule has 1 saturated carbocycles. The van der Waals surface area contributed by atoms with Gasteiger partial charge in [-0.25, -0.2) is 0 Å². The molecule has 2 nitrogen and oxygen atoms in total. The maximum atomic E-state index is 13.4. The van der Waals surface area contributed by atoms with Crippen LogP contribution in [-0.2, 0) is 11.2 Å². The first kappa shape index (κ1) is 17.8. The van der Waals surface area contributed by atoms with Crippen LogP contribution in [0, 0.1) is 23.7 Å². The molecule has 28 heavy (non-hydrogen) atoms. The maximum Gasteiger partial charge on any atom is 0.171 e. The molecule has 142 valence electrons. The van der Waals surface area contributed by atoms with E-state index in [1.807, 2.05) is 24.3 Å². The van der Waals surface area contributed by atoms with Crippen molar-refractivity contribution in [1.29, 1.82) is 0 Å². The normalized spacial score (nSPS) is 28.1. The van der Waals surface area contributed by atoms with E-state index in [4.69, 9.17) is 11.6 Å². The summed E-state index contributed by atoms with van der Waals surface area (Å²) < 4.78 is 0. The van der Waals surface area contributed by atoms with Gasteiger partial charge in [0.05, 0.1) is 5.57 Å². The average molecular weight is 391 g/mol. The number of rotatable bonds is 3. The van der Waals surface area contributed by atoms with Gasteiger partial charge in [0.15, 0.2) is 5.78 Å². The number of allylic oxidation sites excluding steroid dienone is 4. The van der Waals surface area contributed by atoms with Gasteiger partial charge in [-0.3, -0.25) is 4.79 Å². The second-order valence-corrected chi connectivity index (χ2v) is 8.63. The van der Waals surface area contributed by atoms with Crippen molar-refractivity contribution in [2.24, 2.45) is 23.7 Å². The van der Waals surface area contributed by atoms with Crippen LogP contribution in [0.15, 0.2) is 60.4 Å².